The minimum absolute atomic E-state index is 0.00709. The van der Waals surface area contributed by atoms with E-state index in [-0.39, 0.29) is 11.3 Å². The summed E-state index contributed by atoms with van der Waals surface area (Å²) >= 11 is 0. The Bertz CT molecular complexity index is 1460. The first-order valence-electron chi connectivity index (χ1n) is 12.2. The Kier molecular flexibility index (Phi) is 5.36. The van der Waals surface area contributed by atoms with Crippen LogP contribution in [-0.2, 0) is 6.42 Å². The number of H-pyrrole nitrogens is 1. The third-order valence-corrected chi connectivity index (χ3v) is 7.52. The number of methoxy groups -OCH3 is 1. The first-order valence-corrected chi connectivity index (χ1v) is 12.2. The second-order valence-corrected chi connectivity index (χ2v) is 9.82. The Morgan fingerprint density at radius 3 is 2.60 bits per heavy atom. The van der Waals surface area contributed by atoms with E-state index in [1.54, 1.807) is 0 Å². The van der Waals surface area contributed by atoms with Crippen molar-refractivity contribution < 1.29 is 13.5 Å². The zero-order chi connectivity index (χ0) is 24.1. The van der Waals surface area contributed by atoms with E-state index in [4.69, 9.17) is 4.74 Å². The minimum atomic E-state index is -0.652. The number of benzene rings is 3. The van der Waals surface area contributed by atoms with E-state index < -0.39 is 11.6 Å². The maximum Gasteiger partial charge on any atom is 0.175 e. The summed E-state index contributed by atoms with van der Waals surface area (Å²) in [4.78, 5) is 6.06. The molecule has 4 aromatic rings. The van der Waals surface area contributed by atoms with Crippen LogP contribution in [0.4, 0.5) is 14.5 Å². The first kappa shape index (κ1) is 21.9. The van der Waals surface area contributed by atoms with Crippen molar-refractivity contribution in [3.05, 3.63) is 82.9 Å². The van der Waals surface area contributed by atoms with Crippen LogP contribution >= 0.6 is 0 Å². The summed E-state index contributed by atoms with van der Waals surface area (Å²) in [7, 11) is 1.39. The van der Waals surface area contributed by atoms with Gasteiger partial charge in [-0.25, -0.2) is 8.78 Å². The van der Waals surface area contributed by atoms with Crippen molar-refractivity contribution in [2.24, 2.45) is 5.92 Å². The largest absolute Gasteiger partial charge is 0.494 e. The van der Waals surface area contributed by atoms with Gasteiger partial charge in [-0.1, -0.05) is 31.2 Å². The first-order chi connectivity index (χ1) is 17.0. The van der Waals surface area contributed by atoms with Crippen LogP contribution in [0, 0.1) is 17.6 Å². The average Bonchev–Trinajstić information content (AvgIpc) is 3.48. The van der Waals surface area contributed by atoms with Gasteiger partial charge in [0.1, 0.15) is 5.82 Å². The van der Waals surface area contributed by atoms with Crippen LogP contribution < -0.4 is 9.64 Å². The molecule has 1 fully saturated rings. The molecule has 0 amide bonds. The molecule has 2 heterocycles. The molecular formula is C30H28F2N2O. The van der Waals surface area contributed by atoms with Gasteiger partial charge >= 0.3 is 0 Å². The van der Waals surface area contributed by atoms with E-state index in [0.717, 1.165) is 46.9 Å². The van der Waals surface area contributed by atoms with Crippen LogP contribution in [0.5, 0.6) is 5.75 Å². The summed E-state index contributed by atoms with van der Waals surface area (Å²) in [5.74, 6) is -0.368. The molecule has 178 valence electrons. The minimum Gasteiger partial charge on any atom is -0.494 e. The van der Waals surface area contributed by atoms with Crippen molar-refractivity contribution in [3.8, 4) is 17.0 Å². The molecule has 1 aliphatic heterocycles. The van der Waals surface area contributed by atoms with Crippen LogP contribution in [0.1, 0.15) is 36.5 Å². The second-order valence-electron chi connectivity index (χ2n) is 9.82. The number of halogens is 2. The molecule has 0 unspecified atom stereocenters. The third-order valence-electron chi connectivity index (χ3n) is 7.52. The van der Waals surface area contributed by atoms with Gasteiger partial charge in [0.2, 0.25) is 0 Å². The molecule has 0 spiro atoms. The lowest BCUT2D eigenvalue weighted by molar-refractivity contribution is 0.383. The fourth-order valence-electron chi connectivity index (χ4n) is 5.39. The Balaban J connectivity index is 1.28. The van der Waals surface area contributed by atoms with Gasteiger partial charge in [0, 0.05) is 35.4 Å². The number of anilines is 1. The summed E-state index contributed by atoms with van der Waals surface area (Å²) in [6.45, 7) is 4.54. The van der Waals surface area contributed by atoms with Crippen molar-refractivity contribution in [2.75, 3.05) is 25.1 Å². The number of nitrogens with zero attached hydrogens (tertiary/aromatic N) is 1. The molecule has 1 saturated heterocycles. The van der Waals surface area contributed by atoms with Crippen LogP contribution in [0.2, 0.25) is 0 Å². The van der Waals surface area contributed by atoms with E-state index in [0.29, 0.717) is 12.0 Å². The van der Waals surface area contributed by atoms with Gasteiger partial charge in [-0.15, -0.1) is 0 Å². The average molecular weight is 471 g/mol. The molecule has 0 bridgehead atoms. The zero-order valence-electron chi connectivity index (χ0n) is 20.0. The fraction of sp³-hybridized carbons (Fsp3) is 0.267. The van der Waals surface area contributed by atoms with Crippen molar-refractivity contribution in [1.29, 1.82) is 0 Å². The van der Waals surface area contributed by atoms with E-state index in [1.807, 2.05) is 12.1 Å². The number of piperidine rings is 1. The number of allylic oxidation sites excluding steroid dienone is 1. The smallest absolute Gasteiger partial charge is 0.175 e. The number of hydrogen-bond acceptors (Lipinski definition) is 2. The Hall–Kier alpha value is -3.60. The number of aromatic amines is 1. The van der Waals surface area contributed by atoms with Gasteiger partial charge in [0.15, 0.2) is 11.6 Å². The van der Waals surface area contributed by atoms with Crippen molar-refractivity contribution in [2.45, 2.75) is 26.2 Å². The molecule has 6 rings (SSSR count). The number of aromatic nitrogens is 1. The lowest BCUT2D eigenvalue weighted by Crippen LogP contribution is -2.32. The monoisotopic (exact) mass is 470 g/mol. The molecule has 5 heteroatoms. The summed E-state index contributed by atoms with van der Waals surface area (Å²) in [5.41, 5.74) is 7.16. The molecule has 2 aliphatic rings. The maximum absolute atomic E-state index is 14.8. The predicted octanol–water partition coefficient (Wildman–Crippen LogP) is 7.45. The molecule has 1 aromatic heterocycles. The lowest BCUT2D eigenvalue weighted by atomic mass is 9.99. The standard InChI is InChI=1S/C30H28F2N2O/c1-18-9-11-34(12-10-18)24-6-5-21-16-26(33-27(21)17-24)20-4-3-19-13-23(15-22(19)14-20)29-25(31)7-8-28(35-2)30(29)32/h3-8,13-14,16-18,33H,9-12,15H2,1-2H3. The van der Waals surface area contributed by atoms with Crippen LogP contribution in [-0.4, -0.2) is 25.2 Å². The van der Waals surface area contributed by atoms with Crippen molar-refractivity contribution >= 4 is 28.2 Å². The summed E-state index contributed by atoms with van der Waals surface area (Å²) < 4.78 is 34.4. The highest BCUT2D eigenvalue weighted by Crippen LogP contribution is 2.38. The number of rotatable bonds is 4. The fourth-order valence-corrected chi connectivity index (χ4v) is 5.39. The van der Waals surface area contributed by atoms with E-state index in [1.165, 1.54) is 43.2 Å². The van der Waals surface area contributed by atoms with Crippen LogP contribution in [0.25, 0.3) is 33.8 Å². The Labute approximate surface area is 204 Å². The topological polar surface area (TPSA) is 28.3 Å². The molecule has 0 atom stereocenters. The molecule has 0 saturated carbocycles. The van der Waals surface area contributed by atoms with E-state index in [9.17, 15) is 8.78 Å². The molecule has 0 radical (unpaired) electrons. The highest BCUT2D eigenvalue weighted by Gasteiger charge is 2.23. The van der Waals surface area contributed by atoms with Gasteiger partial charge in [0.05, 0.1) is 12.7 Å². The summed E-state index contributed by atoms with van der Waals surface area (Å²) in [6, 6.07) is 17.6. The lowest BCUT2D eigenvalue weighted by Gasteiger charge is -2.32. The Morgan fingerprint density at radius 2 is 1.80 bits per heavy atom. The number of ether oxygens (including phenoxy) is 1. The molecule has 1 aliphatic carbocycles. The predicted molar refractivity (Wildman–Crippen MR) is 139 cm³/mol. The number of nitrogens with one attached hydrogen (secondary N) is 1. The number of hydrogen-bond donors (Lipinski definition) is 1. The van der Waals surface area contributed by atoms with Gasteiger partial charge < -0.3 is 14.6 Å². The normalized spacial score (nSPS) is 16.0. The zero-order valence-corrected chi connectivity index (χ0v) is 20.0. The maximum atomic E-state index is 14.8. The van der Waals surface area contributed by atoms with Gasteiger partial charge in [-0.05, 0) is 83.8 Å². The molecule has 1 N–H and O–H groups in total. The number of fused-ring (bicyclic) bond motifs is 2. The van der Waals surface area contributed by atoms with E-state index >= 15 is 0 Å². The molecule has 3 nitrogen and oxygen atoms in total. The SMILES string of the molecule is COc1ccc(F)c(C2=Cc3ccc(-c4cc5ccc(N6CCC(C)CC6)cc5[nH]4)cc3C2)c1F. The van der Waals surface area contributed by atoms with Crippen LogP contribution in [0.15, 0.2) is 54.6 Å². The third kappa shape index (κ3) is 3.89. The molecular weight excluding hydrogens is 442 g/mol. The highest BCUT2D eigenvalue weighted by molar-refractivity contribution is 5.92. The van der Waals surface area contributed by atoms with Gasteiger partial charge in [0.25, 0.3) is 0 Å². The molecule has 3 aromatic carbocycles. The molecule has 35 heavy (non-hydrogen) atoms. The van der Waals surface area contributed by atoms with E-state index in [2.05, 4.69) is 53.2 Å². The summed E-state index contributed by atoms with van der Waals surface area (Å²) in [6.07, 6.45) is 4.82. The highest BCUT2D eigenvalue weighted by atomic mass is 19.1. The Morgan fingerprint density at radius 1 is 0.971 bits per heavy atom. The van der Waals surface area contributed by atoms with Crippen molar-refractivity contribution in [1.82, 2.24) is 4.98 Å². The van der Waals surface area contributed by atoms with Crippen LogP contribution in [0.3, 0.4) is 0 Å². The van der Waals surface area contributed by atoms with Gasteiger partial charge in [-0.2, -0.15) is 0 Å². The second kappa shape index (κ2) is 8.56. The summed E-state index contributed by atoms with van der Waals surface area (Å²) in [5, 5.41) is 1.17. The van der Waals surface area contributed by atoms with Crippen molar-refractivity contribution in [3.63, 3.8) is 0 Å². The van der Waals surface area contributed by atoms with Gasteiger partial charge in [-0.3, -0.25) is 0 Å². The quantitative estimate of drug-likeness (QED) is 0.335.